The molecule has 3 aliphatic rings. The summed E-state index contributed by atoms with van der Waals surface area (Å²) in [5.74, 6) is 0.634. The topological polar surface area (TPSA) is 83.9 Å². The maximum Gasteiger partial charge on any atom is 0.417 e. The Bertz CT molecular complexity index is 1260. The van der Waals surface area contributed by atoms with Crippen molar-refractivity contribution >= 4 is 23.3 Å². The highest BCUT2D eigenvalue weighted by atomic mass is 35.5. The van der Waals surface area contributed by atoms with Gasteiger partial charge >= 0.3 is 6.18 Å². The molecule has 2 aliphatic heterocycles. The minimum atomic E-state index is -4.52. The molecule has 0 unspecified atom stereocenters. The summed E-state index contributed by atoms with van der Waals surface area (Å²) in [5.41, 5.74) is 0.678. The Hall–Kier alpha value is -3.27. The summed E-state index contributed by atoms with van der Waals surface area (Å²) in [6, 6.07) is 5.73. The monoisotopic (exact) mass is 502 g/mol. The molecule has 6 rings (SSSR count). The molecular weight excluding hydrogens is 481 g/mol. The van der Waals surface area contributed by atoms with Gasteiger partial charge in [-0.2, -0.15) is 13.2 Å². The highest BCUT2D eigenvalue weighted by Crippen LogP contribution is 2.39. The summed E-state index contributed by atoms with van der Waals surface area (Å²) in [6.07, 6.45) is 1.96. The zero-order valence-corrected chi connectivity index (χ0v) is 19.5. The Kier molecular flexibility index (Phi) is 6.08. The van der Waals surface area contributed by atoms with Crippen molar-refractivity contribution in [1.82, 2.24) is 24.8 Å². The van der Waals surface area contributed by atoms with E-state index < -0.39 is 11.7 Å². The van der Waals surface area contributed by atoms with Gasteiger partial charge in [0, 0.05) is 36.9 Å². The fraction of sp³-hybridized carbons (Fsp3) is 0.375. The zero-order valence-electron chi connectivity index (χ0n) is 18.8. The molecule has 3 atom stereocenters. The first-order chi connectivity index (χ1) is 16.7. The van der Waals surface area contributed by atoms with Gasteiger partial charge in [-0.25, -0.2) is 19.9 Å². The van der Waals surface area contributed by atoms with Crippen LogP contribution in [0.3, 0.4) is 0 Å². The lowest BCUT2D eigenvalue weighted by Crippen LogP contribution is -2.59. The molecule has 7 nitrogen and oxygen atoms in total. The van der Waals surface area contributed by atoms with E-state index in [0.717, 1.165) is 37.2 Å². The molecule has 2 saturated heterocycles. The number of carbonyl (C=O) groups is 1. The van der Waals surface area contributed by atoms with Crippen LogP contribution in [0.4, 0.5) is 19.0 Å². The molecule has 0 spiro atoms. The number of amides is 1. The first kappa shape index (κ1) is 23.5. The predicted octanol–water partition coefficient (Wildman–Crippen LogP) is 5.02. The van der Waals surface area contributed by atoms with Crippen molar-refractivity contribution in [2.45, 2.75) is 44.4 Å². The average Bonchev–Trinajstić information content (AvgIpc) is 2.85. The van der Waals surface area contributed by atoms with Crippen molar-refractivity contribution in [3.05, 3.63) is 64.7 Å². The first-order valence-electron chi connectivity index (χ1n) is 11.3. The minimum Gasteiger partial charge on any atom is -0.364 e. The number of carbonyl (C=O) groups excluding carboxylic acids is 1. The van der Waals surface area contributed by atoms with E-state index in [-0.39, 0.29) is 34.7 Å². The van der Waals surface area contributed by atoms with Gasteiger partial charge in [0.15, 0.2) is 5.82 Å². The highest BCUT2D eigenvalue weighted by Gasteiger charge is 2.44. The molecule has 0 radical (unpaired) electrons. The number of pyridine rings is 2. The standard InChI is InChI=1S/C24H22ClF3N6O/c1-13-3-5-16(20(32-13)22-29-7-2-8-30-22)23(35)34-12-14-4-6-19(34)18(9-14)33-21-17(25)10-15(11-31-21)24(26,27)28/h2-3,5,7-8,10-11,14,18-19H,4,6,9,12H2,1H3,(H,31,33)/t14-,18-,19+/m1/s1. The number of anilines is 1. The number of alkyl halides is 3. The van der Waals surface area contributed by atoms with Crippen molar-refractivity contribution in [2.24, 2.45) is 5.92 Å². The van der Waals surface area contributed by atoms with Crippen LogP contribution in [0.1, 0.15) is 40.9 Å². The fourth-order valence-corrected chi connectivity index (χ4v) is 5.15. The van der Waals surface area contributed by atoms with Gasteiger partial charge < -0.3 is 10.2 Å². The molecule has 1 aliphatic carbocycles. The molecule has 35 heavy (non-hydrogen) atoms. The van der Waals surface area contributed by atoms with Gasteiger partial charge in [0.05, 0.1) is 22.2 Å². The second-order valence-corrected chi connectivity index (χ2v) is 9.34. The molecule has 2 bridgehead atoms. The molecular formula is C24H22ClF3N6O. The Labute approximate surface area is 204 Å². The van der Waals surface area contributed by atoms with Crippen LogP contribution in [0.15, 0.2) is 42.9 Å². The summed E-state index contributed by atoms with van der Waals surface area (Å²) in [7, 11) is 0. The van der Waals surface area contributed by atoms with Crippen molar-refractivity contribution in [2.75, 3.05) is 11.9 Å². The molecule has 3 aromatic heterocycles. The van der Waals surface area contributed by atoms with Crippen molar-refractivity contribution in [3.8, 4) is 11.5 Å². The smallest absolute Gasteiger partial charge is 0.364 e. The number of aromatic nitrogens is 4. The van der Waals surface area contributed by atoms with E-state index in [1.807, 2.05) is 11.8 Å². The third-order valence-electron chi connectivity index (χ3n) is 6.57. The van der Waals surface area contributed by atoms with Crippen LogP contribution in [-0.4, -0.2) is 49.4 Å². The second kappa shape index (κ2) is 9.07. The van der Waals surface area contributed by atoms with Gasteiger partial charge in [0.25, 0.3) is 5.91 Å². The molecule has 3 aromatic rings. The van der Waals surface area contributed by atoms with E-state index in [1.165, 1.54) is 0 Å². The van der Waals surface area contributed by atoms with E-state index >= 15 is 0 Å². The Balaban J connectivity index is 1.42. The van der Waals surface area contributed by atoms with Gasteiger partial charge in [-0.15, -0.1) is 0 Å². The minimum absolute atomic E-state index is 0.106. The highest BCUT2D eigenvalue weighted by molar-refractivity contribution is 6.33. The van der Waals surface area contributed by atoms with Crippen LogP contribution < -0.4 is 5.32 Å². The van der Waals surface area contributed by atoms with Crippen LogP contribution in [0.5, 0.6) is 0 Å². The summed E-state index contributed by atoms with van der Waals surface area (Å²) in [5, 5.41) is 3.10. The Morgan fingerprint density at radius 1 is 1.17 bits per heavy atom. The van der Waals surface area contributed by atoms with E-state index in [2.05, 4.69) is 25.3 Å². The van der Waals surface area contributed by atoms with Crippen LogP contribution in [-0.2, 0) is 6.18 Å². The summed E-state index contributed by atoms with van der Waals surface area (Å²) in [6.45, 7) is 2.43. The average molecular weight is 503 g/mol. The quantitative estimate of drug-likeness (QED) is 0.539. The van der Waals surface area contributed by atoms with E-state index in [4.69, 9.17) is 11.6 Å². The number of hydrogen-bond donors (Lipinski definition) is 1. The van der Waals surface area contributed by atoms with Gasteiger partial charge in [-0.3, -0.25) is 4.79 Å². The van der Waals surface area contributed by atoms with Crippen molar-refractivity contribution in [1.29, 1.82) is 0 Å². The third-order valence-corrected chi connectivity index (χ3v) is 6.86. The number of rotatable bonds is 4. The number of nitrogens with zero attached hydrogens (tertiary/aromatic N) is 5. The lowest BCUT2D eigenvalue weighted by atomic mass is 9.76. The van der Waals surface area contributed by atoms with Crippen molar-refractivity contribution < 1.29 is 18.0 Å². The number of nitrogens with one attached hydrogen (secondary N) is 1. The molecule has 1 saturated carbocycles. The largest absolute Gasteiger partial charge is 0.417 e. The molecule has 5 heterocycles. The Morgan fingerprint density at radius 2 is 1.94 bits per heavy atom. The summed E-state index contributed by atoms with van der Waals surface area (Å²) < 4.78 is 39.0. The predicted molar refractivity (Wildman–Crippen MR) is 124 cm³/mol. The zero-order chi connectivity index (χ0) is 24.7. The van der Waals surface area contributed by atoms with Gasteiger partial charge in [-0.05, 0) is 56.4 Å². The van der Waals surface area contributed by atoms with Crippen LogP contribution in [0.2, 0.25) is 5.02 Å². The van der Waals surface area contributed by atoms with Gasteiger partial charge in [-0.1, -0.05) is 11.6 Å². The van der Waals surface area contributed by atoms with Crippen LogP contribution >= 0.6 is 11.6 Å². The molecule has 182 valence electrons. The second-order valence-electron chi connectivity index (χ2n) is 8.93. The number of aryl methyl sites for hydroxylation is 1. The Morgan fingerprint density at radius 3 is 2.63 bits per heavy atom. The molecule has 0 aromatic carbocycles. The van der Waals surface area contributed by atoms with Crippen molar-refractivity contribution in [3.63, 3.8) is 0 Å². The summed E-state index contributed by atoms with van der Waals surface area (Å²) in [4.78, 5) is 32.6. The van der Waals surface area contributed by atoms with Crippen LogP contribution in [0, 0.1) is 12.8 Å². The molecule has 11 heteroatoms. The number of piperidine rings is 2. The third kappa shape index (κ3) is 4.67. The van der Waals surface area contributed by atoms with E-state index in [1.54, 1.807) is 30.6 Å². The van der Waals surface area contributed by atoms with Crippen LogP contribution in [0.25, 0.3) is 11.5 Å². The SMILES string of the molecule is Cc1ccc(C(=O)N2C[C@@H]3CC[C@H]2[C@H](Nc2ncc(C(F)(F)F)cc2Cl)C3)c(-c2ncccn2)n1. The first-order valence-corrected chi connectivity index (χ1v) is 11.6. The normalized spacial score (nSPS) is 21.7. The van der Waals surface area contributed by atoms with Gasteiger partial charge in [0.2, 0.25) is 0 Å². The lowest BCUT2D eigenvalue weighted by Gasteiger charge is -2.50. The maximum absolute atomic E-state index is 13.8. The van der Waals surface area contributed by atoms with E-state index in [9.17, 15) is 18.0 Å². The maximum atomic E-state index is 13.8. The van der Waals surface area contributed by atoms with E-state index in [0.29, 0.717) is 23.6 Å². The lowest BCUT2D eigenvalue weighted by molar-refractivity contribution is -0.137. The molecule has 3 fully saturated rings. The molecule has 1 amide bonds. The van der Waals surface area contributed by atoms with Gasteiger partial charge in [0.1, 0.15) is 11.5 Å². The summed E-state index contributed by atoms with van der Waals surface area (Å²) >= 11 is 6.13. The number of halogens is 4. The number of hydrogen-bond acceptors (Lipinski definition) is 6. The fourth-order valence-electron chi connectivity index (χ4n) is 4.93. The number of fused-ring (bicyclic) bond motifs is 3. The molecule has 1 N–H and O–H groups in total.